The van der Waals surface area contributed by atoms with E-state index < -0.39 is 0 Å². The zero-order valence-electron chi connectivity index (χ0n) is 17.7. The van der Waals surface area contributed by atoms with E-state index in [0.717, 1.165) is 34.4 Å². The van der Waals surface area contributed by atoms with Gasteiger partial charge in [0.1, 0.15) is 17.0 Å². The number of fused-ring (bicyclic) bond motifs is 1. The molecule has 2 aliphatic rings. The summed E-state index contributed by atoms with van der Waals surface area (Å²) < 4.78 is 7.72. The Morgan fingerprint density at radius 1 is 1.35 bits per heavy atom. The number of hydrogen-bond acceptors (Lipinski definition) is 7. The van der Waals surface area contributed by atoms with E-state index in [-0.39, 0.29) is 6.04 Å². The molecule has 3 N–H and O–H groups in total. The Morgan fingerprint density at radius 2 is 2.23 bits per heavy atom. The third-order valence-electron chi connectivity index (χ3n) is 6.27. The number of aromatic nitrogens is 4. The molecule has 0 amide bonds. The highest BCUT2D eigenvalue weighted by Gasteiger charge is 2.24. The molecule has 1 aliphatic carbocycles. The van der Waals surface area contributed by atoms with Crippen LogP contribution in [0.15, 0.2) is 36.8 Å². The predicted molar refractivity (Wildman–Crippen MR) is 122 cm³/mol. The standard InChI is InChI=1S/C23H27N7O/c1-15-14-31-10-9-29(15)21-11-19(16-12-27-30(13-16)17-3-2-4-17)18-6-8-26-23(22(18)28-21)20(25)5-7-24/h5-8,11-13,15,17,24H,2-4,9-10,14,25H2,1H3/b20-5-,24-7?. The Bertz CT molecular complexity index is 1150. The molecule has 5 rings (SSSR count). The smallest absolute Gasteiger partial charge is 0.130 e. The summed E-state index contributed by atoms with van der Waals surface area (Å²) in [5.74, 6) is 0.881. The Morgan fingerprint density at radius 3 is 2.97 bits per heavy atom. The predicted octanol–water partition coefficient (Wildman–Crippen LogP) is 3.39. The van der Waals surface area contributed by atoms with Crippen molar-refractivity contribution in [2.45, 2.75) is 38.3 Å². The molecule has 0 radical (unpaired) electrons. The van der Waals surface area contributed by atoms with Gasteiger partial charge in [-0.1, -0.05) is 0 Å². The number of nitrogens with zero attached hydrogens (tertiary/aromatic N) is 5. The van der Waals surface area contributed by atoms with Gasteiger partial charge in [-0.3, -0.25) is 9.67 Å². The monoisotopic (exact) mass is 417 g/mol. The third-order valence-corrected chi connectivity index (χ3v) is 6.27. The van der Waals surface area contributed by atoms with Crippen LogP contribution in [0, 0.1) is 5.41 Å². The van der Waals surface area contributed by atoms with Crippen LogP contribution in [0.2, 0.25) is 0 Å². The minimum Gasteiger partial charge on any atom is -0.397 e. The van der Waals surface area contributed by atoms with Crippen LogP contribution in [0.3, 0.4) is 0 Å². The van der Waals surface area contributed by atoms with Gasteiger partial charge in [0.25, 0.3) is 0 Å². The number of nitrogens with two attached hydrogens (primary N) is 1. The summed E-state index contributed by atoms with van der Waals surface area (Å²) in [5, 5.41) is 13.0. The van der Waals surface area contributed by atoms with Crippen molar-refractivity contribution >= 4 is 28.6 Å². The van der Waals surface area contributed by atoms with Crippen LogP contribution in [0.25, 0.3) is 27.7 Å². The van der Waals surface area contributed by atoms with Crippen molar-refractivity contribution in [3.63, 3.8) is 0 Å². The average Bonchev–Trinajstić information content (AvgIpc) is 3.21. The molecule has 8 nitrogen and oxygen atoms in total. The van der Waals surface area contributed by atoms with Crippen molar-refractivity contribution in [2.24, 2.45) is 5.73 Å². The number of morpholine rings is 1. The molecule has 31 heavy (non-hydrogen) atoms. The molecular weight excluding hydrogens is 390 g/mol. The molecule has 1 atom stereocenters. The first kappa shape index (κ1) is 19.7. The Labute approximate surface area is 181 Å². The maximum absolute atomic E-state index is 7.40. The molecule has 1 unspecified atom stereocenters. The summed E-state index contributed by atoms with van der Waals surface area (Å²) in [6, 6.07) is 4.85. The lowest BCUT2D eigenvalue weighted by Crippen LogP contribution is -2.44. The average molecular weight is 418 g/mol. The zero-order valence-corrected chi connectivity index (χ0v) is 17.7. The number of nitrogens with one attached hydrogen (secondary N) is 1. The van der Waals surface area contributed by atoms with Crippen molar-refractivity contribution in [2.75, 3.05) is 24.7 Å². The Kier molecular flexibility index (Phi) is 5.15. The lowest BCUT2D eigenvalue weighted by atomic mass is 9.93. The molecule has 1 saturated heterocycles. The Hall–Kier alpha value is -3.26. The van der Waals surface area contributed by atoms with Crippen LogP contribution in [0.1, 0.15) is 37.9 Å². The van der Waals surface area contributed by atoms with E-state index in [2.05, 4.69) is 38.9 Å². The van der Waals surface area contributed by atoms with Gasteiger partial charge in [-0.05, 0) is 50.0 Å². The van der Waals surface area contributed by atoms with Gasteiger partial charge in [-0.25, -0.2) is 4.98 Å². The normalized spacial score (nSPS) is 20.1. The van der Waals surface area contributed by atoms with E-state index in [1.165, 1.54) is 25.5 Å². The molecule has 0 bridgehead atoms. The molecule has 3 aromatic heterocycles. The summed E-state index contributed by atoms with van der Waals surface area (Å²) >= 11 is 0. The van der Waals surface area contributed by atoms with Gasteiger partial charge >= 0.3 is 0 Å². The molecule has 160 valence electrons. The number of hydrogen-bond donors (Lipinski definition) is 2. The van der Waals surface area contributed by atoms with Crippen molar-refractivity contribution in [3.05, 3.63) is 42.5 Å². The Balaban J connectivity index is 1.70. The van der Waals surface area contributed by atoms with Gasteiger partial charge in [0.05, 0.1) is 37.2 Å². The first-order valence-corrected chi connectivity index (χ1v) is 10.8. The van der Waals surface area contributed by atoms with E-state index in [9.17, 15) is 0 Å². The quantitative estimate of drug-likeness (QED) is 0.617. The lowest BCUT2D eigenvalue weighted by molar-refractivity contribution is 0.0986. The van der Waals surface area contributed by atoms with Gasteiger partial charge in [-0.2, -0.15) is 5.10 Å². The maximum atomic E-state index is 7.40. The molecular formula is C23H27N7O. The summed E-state index contributed by atoms with van der Waals surface area (Å²) in [5.41, 5.74) is 10.1. The second kappa shape index (κ2) is 8.11. The largest absolute Gasteiger partial charge is 0.397 e. The number of pyridine rings is 2. The minimum absolute atomic E-state index is 0.221. The van der Waals surface area contributed by atoms with Crippen molar-refractivity contribution < 1.29 is 4.74 Å². The fourth-order valence-electron chi connectivity index (χ4n) is 4.30. The third kappa shape index (κ3) is 3.57. The lowest BCUT2D eigenvalue weighted by Gasteiger charge is -2.34. The van der Waals surface area contributed by atoms with Crippen molar-refractivity contribution in [1.82, 2.24) is 19.7 Å². The highest BCUT2D eigenvalue weighted by atomic mass is 16.5. The summed E-state index contributed by atoms with van der Waals surface area (Å²) in [4.78, 5) is 11.8. The maximum Gasteiger partial charge on any atom is 0.130 e. The van der Waals surface area contributed by atoms with Gasteiger partial charge in [0, 0.05) is 36.1 Å². The highest BCUT2D eigenvalue weighted by Crippen LogP contribution is 2.36. The van der Waals surface area contributed by atoms with Crippen LogP contribution in [-0.4, -0.2) is 51.8 Å². The topological polar surface area (TPSA) is 106 Å². The second-order valence-corrected chi connectivity index (χ2v) is 8.28. The van der Waals surface area contributed by atoms with E-state index in [4.69, 9.17) is 20.9 Å². The molecule has 1 aliphatic heterocycles. The summed E-state index contributed by atoms with van der Waals surface area (Å²) in [6.07, 6.45) is 12.2. The van der Waals surface area contributed by atoms with E-state index >= 15 is 0 Å². The zero-order chi connectivity index (χ0) is 21.4. The van der Waals surface area contributed by atoms with Crippen molar-refractivity contribution in [3.8, 4) is 11.1 Å². The van der Waals surface area contributed by atoms with Gasteiger partial charge < -0.3 is 20.8 Å². The van der Waals surface area contributed by atoms with Gasteiger partial charge in [0.15, 0.2) is 0 Å². The van der Waals surface area contributed by atoms with E-state index in [1.54, 1.807) is 12.3 Å². The molecule has 3 aromatic rings. The van der Waals surface area contributed by atoms with Gasteiger partial charge in [0.2, 0.25) is 0 Å². The van der Waals surface area contributed by atoms with E-state index in [1.807, 2.05) is 12.3 Å². The molecule has 0 spiro atoms. The number of anilines is 1. The molecule has 0 aromatic carbocycles. The van der Waals surface area contributed by atoms with Crippen LogP contribution >= 0.6 is 0 Å². The minimum atomic E-state index is 0.221. The fraction of sp³-hybridized carbons (Fsp3) is 0.391. The summed E-state index contributed by atoms with van der Waals surface area (Å²) in [7, 11) is 0. The van der Waals surface area contributed by atoms with Crippen molar-refractivity contribution in [1.29, 1.82) is 5.41 Å². The van der Waals surface area contributed by atoms with Crippen LogP contribution in [0.4, 0.5) is 5.82 Å². The molecule has 8 heteroatoms. The van der Waals surface area contributed by atoms with Gasteiger partial charge in [-0.15, -0.1) is 0 Å². The van der Waals surface area contributed by atoms with Crippen LogP contribution < -0.4 is 10.6 Å². The first-order chi connectivity index (χ1) is 15.2. The number of ether oxygens (including phenoxy) is 1. The molecule has 2 fully saturated rings. The number of rotatable bonds is 5. The SMILES string of the molecule is CC1COCCN1c1cc(-c2cnn(C3CCC3)c2)c2ccnc(/C(N)=C/C=N)c2n1. The molecule has 1 saturated carbocycles. The first-order valence-electron chi connectivity index (χ1n) is 10.8. The van der Waals surface area contributed by atoms with E-state index in [0.29, 0.717) is 30.6 Å². The summed E-state index contributed by atoms with van der Waals surface area (Å²) in [6.45, 7) is 4.27. The number of allylic oxidation sites excluding steroid dienone is 1. The molecule has 4 heterocycles. The second-order valence-electron chi connectivity index (χ2n) is 8.28. The highest BCUT2D eigenvalue weighted by molar-refractivity contribution is 6.01. The fourth-order valence-corrected chi connectivity index (χ4v) is 4.30. The van der Waals surface area contributed by atoms with Crippen LogP contribution in [0.5, 0.6) is 0 Å². The van der Waals surface area contributed by atoms with Crippen LogP contribution in [-0.2, 0) is 4.74 Å².